The van der Waals surface area contributed by atoms with Gasteiger partial charge >= 0.3 is 0 Å². The van der Waals surface area contributed by atoms with Crippen molar-refractivity contribution in [3.8, 4) is 5.75 Å². The van der Waals surface area contributed by atoms with Crippen molar-refractivity contribution in [3.05, 3.63) is 24.3 Å². The fraction of sp³-hybridized carbons (Fsp3) is 0.562. The third-order valence-corrected chi connectivity index (χ3v) is 5.46. The first-order valence-electron chi connectivity index (χ1n) is 7.47. The number of aliphatic imine (C=N–C) groups is 1. The topological polar surface area (TPSA) is 50.9 Å². The van der Waals surface area contributed by atoms with Crippen LogP contribution in [0.4, 0.5) is 5.69 Å². The number of hydrogen-bond donors (Lipinski definition) is 1. The van der Waals surface area contributed by atoms with Crippen LogP contribution < -0.4 is 15.4 Å². The van der Waals surface area contributed by atoms with E-state index in [1.165, 1.54) is 25.7 Å². The molecule has 2 fully saturated rings. The maximum Gasteiger partial charge on any atom is 0.196 e. The van der Waals surface area contributed by atoms with Gasteiger partial charge in [0.1, 0.15) is 5.75 Å². The van der Waals surface area contributed by atoms with Crippen molar-refractivity contribution in [2.75, 3.05) is 18.6 Å². The molecular weight excluding hydrogens is 250 g/mol. The van der Waals surface area contributed by atoms with Gasteiger partial charge in [-0.05, 0) is 61.8 Å². The first-order valence-corrected chi connectivity index (χ1v) is 7.47. The maximum absolute atomic E-state index is 6.21. The van der Waals surface area contributed by atoms with Crippen LogP contribution in [0.3, 0.4) is 0 Å². The van der Waals surface area contributed by atoms with E-state index in [1.807, 2.05) is 12.1 Å². The highest BCUT2D eigenvalue weighted by molar-refractivity contribution is 5.98. The van der Waals surface area contributed by atoms with Gasteiger partial charge in [-0.3, -0.25) is 4.99 Å². The number of methoxy groups -OCH3 is 1. The van der Waals surface area contributed by atoms with Gasteiger partial charge in [-0.1, -0.05) is 0 Å². The van der Waals surface area contributed by atoms with Gasteiger partial charge in [-0.25, -0.2) is 0 Å². The van der Waals surface area contributed by atoms with Gasteiger partial charge in [0.15, 0.2) is 5.96 Å². The molecule has 2 bridgehead atoms. The number of benzene rings is 1. The Hall–Kier alpha value is -1.71. The van der Waals surface area contributed by atoms with Crippen molar-refractivity contribution in [2.45, 2.75) is 31.2 Å². The molecule has 20 heavy (non-hydrogen) atoms. The van der Waals surface area contributed by atoms with Crippen molar-refractivity contribution in [3.63, 3.8) is 0 Å². The number of anilines is 1. The van der Waals surface area contributed by atoms with E-state index in [0.717, 1.165) is 29.8 Å². The van der Waals surface area contributed by atoms with E-state index in [9.17, 15) is 0 Å². The van der Waals surface area contributed by atoms with E-state index in [0.29, 0.717) is 5.96 Å². The second-order valence-electron chi connectivity index (χ2n) is 6.39. The van der Waals surface area contributed by atoms with Crippen LogP contribution in [0, 0.1) is 11.8 Å². The molecule has 4 heteroatoms. The molecule has 1 heterocycles. The summed E-state index contributed by atoms with van der Waals surface area (Å²) in [5, 5.41) is 0. The van der Waals surface area contributed by atoms with Crippen LogP contribution in [0.25, 0.3) is 0 Å². The second kappa shape index (κ2) is 4.14. The van der Waals surface area contributed by atoms with E-state index >= 15 is 0 Å². The molecule has 1 aromatic rings. The maximum atomic E-state index is 6.21. The molecule has 1 spiro atoms. The Morgan fingerprint density at radius 2 is 2.10 bits per heavy atom. The normalized spacial score (nSPS) is 34.9. The zero-order chi connectivity index (χ0) is 13.7. The van der Waals surface area contributed by atoms with Crippen LogP contribution in [0.15, 0.2) is 29.3 Å². The predicted octanol–water partition coefficient (Wildman–Crippen LogP) is 2.39. The lowest BCUT2D eigenvalue weighted by Crippen LogP contribution is -2.55. The third kappa shape index (κ3) is 1.51. The van der Waals surface area contributed by atoms with E-state index in [-0.39, 0.29) is 5.54 Å². The quantitative estimate of drug-likeness (QED) is 0.898. The Morgan fingerprint density at radius 1 is 1.30 bits per heavy atom. The number of rotatable bonds is 2. The molecule has 3 unspecified atom stereocenters. The molecule has 1 aliphatic heterocycles. The fourth-order valence-corrected chi connectivity index (χ4v) is 4.59. The standard InChI is InChI=1S/C16H21N3O/c1-20-14-6-4-13(5-7-14)19-15(17)18-10-16(19)9-11-2-3-12(16)8-11/h4-7,11-12H,2-3,8-10H2,1H3,(H2,17,18). The number of ether oxygens (including phenoxy) is 1. The molecule has 3 atom stereocenters. The number of fused-ring (bicyclic) bond motifs is 3. The van der Waals surface area contributed by atoms with Crippen molar-refractivity contribution in [2.24, 2.45) is 22.6 Å². The van der Waals surface area contributed by atoms with Gasteiger partial charge in [0, 0.05) is 5.69 Å². The lowest BCUT2D eigenvalue weighted by Gasteiger charge is -2.42. The van der Waals surface area contributed by atoms with Crippen molar-refractivity contribution in [1.82, 2.24) is 0 Å². The average molecular weight is 271 g/mol. The summed E-state index contributed by atoms with van der Waals surface area (Å²) < 4.78 is 5.24. The third-order valence-electron chi connectivity index (χ3n) is 5.46. The Bertz CT molecular complexity index is 553. The molecule has 2 aliphatic carbocycles. The number of nitrogens with two attached hydrogens (primary N) is 1. The molecule has 0 aromatic heterocycles. The lowest BCUT2D eigenvalue weighted by atomic mass is 9.80. The number of hydrogen-bond acceptors (Lipinski definition) is 4. The van der Waals surface area contributed by atoms with Crippen LogP contribution in [-0.4, -0.2) is 25.2 Å². The molecule has 4 nitrogen and oxygen atoms in total. The van der Waals surface area contributed by atoms with Gasteiger partial charge in [0.25, 0.3) is 0 Å². The molecule has 2 N–H and O–H groups in total. The summed E-state index contributed by atoms with van der Waals surface area (Å²) in [6.07, 6.45) is 5.33. The smallest absolute Gasteiger partial charge is 0.196 e. The highest BCUT2D eigenvalue weighted by Crippen LogP contribution is 2.55. The zero-order valence-corrected chi connectivity index (χ0v) is 11.9. The number of guanidine groups is 1. The summed E-state index contributed by atoms with van der Waals surface area (Å²) >= 11 is 0. The zero-order valence-electron chi connectivity index (χ0n) is 11.9. The van der Waals surface area contributed by atoms with Gasteiger partial charge in [-0.2, -0.15) is 0 Å². The average Bonchev–Trinajstić information content (AvgIpc) is 3.15. The molecule has 0 amide bonds. The Kier molecular flexibility index (Phi) is 2.50. The molecule has 0 radical (unpaired) electrons. The van der Waals surface area contributed by atoms with Crippen molar-refractivity contribution < 1.29 is 4.74 Å². The molecule has 0 saturated heterocycles. The minimum atomic E-state index is 0.154. The molecular formula is C16H21N3O. The Labute approximate surface area is 119 Å². The van der Waals surface area contributed by atoms with E-state index < -0.39 is 0 Å². The van der Waals surface area contributed by atoms with Gasteiger partial charge in [0.2, 0.25) is 0 Å². The summed E-state index contributed by atoms with van der Waals surface area (Å²) in [6.45, 7) is 0.867. The van der Waals surface area contributed by atoms with E-state index in [1.54, 1.807) is 7.11 Å². The first kappa shape index (κ1) is 12.1. The molecule has 2 saturated carbocycles. The van der Waals surface area contributed by atoms with Crippen LogP contribution in [0.1, 0.15) is 25.7 Å². The highest BCUT2D eigenvalue weighted by Gasteiger charge is 2.57. The first-order chi connectivity index (χ1) is 9.73. The van der Waals surface area contributed by atoms with Gasteiger partial charge in [0.05, 0.1) is 19.2 Å². The summed E-state index contributed by atoms with van der Waals surface area (Å²) in [4.78, 5) is 6.88. The lowest BCUT2D eigenvalue weighted by molar-refractivity contribution is 0.293. The minimum absolute atomic E-state index is 0.154. The van der Waals surface area contributed by atoms with Crippen LogP contribution >= 0.6 is 0 Å². The summed E-state index contributed by atoms with van der Waals surface area (Å²) in [5.74, 6) is 3.19. The van der Waals surface area contributed by atoms with Gasteiger partial charge in [-0.15, -0.1) is 0 Å². The number of nitrogens with zero attached hydrogens (tertiary/aromatic N) is 2. The van der Waals surface area contributed by atoms with E-state index in [2.05, 4.69) is 22.0 Å². The largest absolute Gasteiger partial charge is 0.497 e. The van der Waals surface area contributed by atoms with Crippen molar-refractivity contribution in [1.29, 1.82) is 0 Å². The molecule has 3 aliphatic rings. The second-order valence-corrected chi connectivity index (χ2v) is 6.39. The summed E-state index contributed by atoms with van der Waals surface area (Å²) in [5.41, 5.74) is 7.52. The summed E-state index contributed by atoms with van der Waals surface area (Å²) in [7, 11) is 1.69. The Morgan fingerprint density at radius 3 is 2.70 bits per heavy atom. The van der Waals surface area contributed by atoms with E-state index in [4.69, 9.17) is 10.5 Å². The minimum Gasteiger partial charge on any atom is -0.497 e. The molecule has 106 valence electrons. The Balaban J connectivity index is 1.71. The van der Waals surface area contributed by atoms with Gasteiger partial charge < -0.3 is 15.4 Å². The van der Waals surface area contributed by atoms with Crippen molar-refractivity contribution >= 4 is 11.6 Å². The van der Waals surface area contributed by atoms with Crippen LogP contribution in [0.5, 0.6) is 5.75 Å². The molecule has 4 rings (SSSR count). The van der Waals surface area contributed by atoms with Crippen LogP contribution in [-0.2, 0) is 0 Å². The predicted molar refractivity (Wildman–Crippen MR) is 80.1 cm³/mol. The summed E-state index contributed by atoms with van der Waals surface area (Å²) in [6, 6.07) is 8.20. The fourth-order valence-electron chi connectivity index (χ4n) is 4.59. The van der Waals surface area contributed by atoms with Crippen LogP contribution in [0.2, 0.25) is 0 Å². The highest BCUT2D eigenvalue weighted by atomic mass is 16.5. The SMILES string of the molecule is COc1ccc(N2C(N)=NCC23CC2CCC3C2)cc1. The molecule has 1 aromatic carbocycles. The monoisotopic (exact) mass is 271 g/mol.